The molecule has 12 heteroatoms. The number of fused-ring (bicyclic) bond motifs is 4. The Bertz CT molecular complexity index is 2120. The summed E-state index contributed by atoms with van der Waals surface area (Å²) in [6.45, 7) is 7.39. The molecule has 0 spiro atoms. The van der Waals surface area contributed by atoms with Crippen molar-refractivity contribution in [1.82, 2.24) is 9.80 Å². The number of benzene rings is 4. The molecule has 0 unspecified atom stereocenters. The van der Waals surface area contributed by atoms with Crippen molar-refractivity contribution in [1.29, 1.82) is 0 Å². The van der Waals surface area contributed by atoms with E-state index in [0.717, 1.165) is 11.1 Å². The van der Waals surface area contributed by atoms with Gasteiger partial charge in [-0.2, -0.15) is 0 Å². The molecule has 1 fully saturated rings. The topological polar surface area (TPSA) is 130 Å². The number of nitrogens with zero attached hydrogens (tertiary/aromatic N) is 2. The molecular formula is C50H54N2O10. The van der Waals surface area contributed by atoms with Crippen molar-refractivity contribution in [3.63, 3.8) is 0 Å². The number of hydrogen-bond donors (Lipinski definition) is 0. The highest BCUT2D eigenvalue weighted by Gasteiger charge is 2.87. The predicted octanol–water partition coefficient (Wildman–Crippen LogP) is 7.35. The fourth-order valence-electron chi connectivity index (χ4n) is 10.2. The quantitative estimate of drug-likeness (QED) is 0.0827. The van der Waals surface area contributed by atoms with Gasteiger partial charge in [0.2, 0.25) is 0 Å². The fraction of sp³-hybridized carbons (Fsp3) is 0.360. The van der Waals surface area contributed by atoms with Crippen LogP contribution in [0.4, 0.5) is 0 Å². The van der Waals surface area contributed by atoms with E-state index in [1.54, 1.807) is 78.6 Å². The summed E-state index contributed by atoms with van der Waals surface area (Å²) in [4.78, 5) is 64.8. The number of hydrogen-bond acceptors (Lipinski definition) is 12. The van der Waals surface area contributed by atoms with Gasteiger partial charge in [0.1, 0.15) is 22.3 Å². The van der Waals surface area contributed by atoms with Crippen molar-refractivity contribution in [2.24, 2.45) is 10.8 Å². The van der Waals surface area contributed by atoms with Crippen LogP contribution in [0.15, 0.2) is 133 Å². The van der Waals surface area contributed by atoms with Crippen LogP contribution in [-0.4, -0.2) is 86.4 Å². The Morgan fingerprint density at radius 1 is 0.484 bits per heavy atom. The predicted molar refractivity (Wildman–Crippen MR) is 231 cm³/mol. The van der Waals surface area contributed by atoms with Crippen LogP contribution in [0.1, 0.15) is 61.8 Å². The Kier molecular flexibility index (Phi) is 13.1. The molecular weight excluding hydrogens is 789 g/mol. The van der Waals surface area contributed by atoms with Crippen molar-refractivity contribution >= 4 is 23.9 Å². The molecule has 7 rings (SSSR count). The highest BCUT2D eigenvalue weighted by molar-refractivity contribution is 6.01. The van der Waals surface area contributed by atoms with Crippen LogP contribution in [-0.2, 0) is 51.2 Å². The highest BCUT2D eigenvalue weighted by atomic mass is 16.5. The van der Waals surface area contributed by atoms with Crippen molar-refractivity contribution in [2.75, 3.05) is 40.6 Å². The summed E-state index contributed by atoms with van der Waals surface area (Å²) < 4.78 is 35.2. The van der Waals surface area contributed by atoms with Crippen LogP contribution in [0.3, 0.4) is 0 Å². The molecule has 0 N–H and O–H groups in total. The maximum Gasteiger partial charge on any atom is 0.336 e. The zero-order valence-corrected chi connectivity index (χ0v) is 36.1. The molecule has 4 aromatic rings. The molecule has 1 aliphatic carbocycles. The van der Waals surface area contributed by atoms with Crippen molar-refractivity contribution in [2.45, 2.75) is 64.7 Å². The molecule has 3 aliphatic rings. The highest BCUT2D eigenvalue weighted by Crippen LogP contribution is 2.75. The van der Waals surface area contributed by atoms with Gasteiger partial charge in [-0.1, -0.05) is 84.9 Å². The summed E-state index contributed by atoms with van der Waals surface area (Å²) in [5.74, 6) is -3.43. The third-order valence-electron chi connectivity index (χ3n) is 12.3. The minimum Gasteiger partial charge on any atom is -0.497 e. The second kappa shape index (κ2) is 18.6. The molecule has 62 heavy (non-hydrogen) atoms. The van der Waals surface area contributed by atoms with Crippen LogP contribution in [0, 0.1) is 10.8 Å². The Balaban J connectivity index is 1.67. The number of ether oxygens (including phenoxy) is 6. The smallest absolute Gasteiger partial charge is 0.336 e. The van der Waals surface area contributed by atoms with E-state index >= 15 is 9.59 Å². The van der Waals surface area contributed by atoms with Gasteiger partial charge in [-0.05, 0) is 74.2 Å². The second-order valence-electron chi connectivity index (χ2n) is 15.5. The van der Waals surface area contributed by atoms with Gasteiger partial charge < -0.3 is 38.2 Å². The average Bonchev–Trinajstić information content (AvgIpc) is 3.28. The van der Waals surface area contributed by atoms with Crippen LogP contribution in [0.2, 0.25) is 0 Å². The summed E-state index contributed by atoms with van der Waals surface area (Å²) in [6, 6.07) is 31.4. The van der Waals surface area contributed by atoms with E-state index in [9.17, 15) is 9.59 Å². The van der Waals surface area contributed by atoms with Gasteiger partial charge >= 0.3 is 23.9 Å². The zero-order chi connectivity index (χ0) is 44.0. The third kappa shape index (κ3) is 7.35. The second-order valence-corrected chi connectivity index (χ2v) is 15.5. The Labute approximate surface area is 363 Å². The van der Waals surface area contributed by atoms with E-state index in [1.165, 1.54) is 0 Å². The fourth-order valence-corrected chi connectivity index (χ4v) is 10.2. The normalized spacial score (nSPS) is 23.6. The van der Waals surface area contributed by atoms with Crippen LogP contribution < -0.4 is 9.47 Å². The van der Waals surface area contributed by atoms with E-state index in [-0.39, 0.29) is 50.7 Å². The molecule has 0 aromatic heterocycles. The molecule has 0 radical (unpaired) electrons. The molecule has 0 atom stereocenters. The summed E-state index contributed by atoms with van der Waals surface area (Å²) >= 11 is 0. The summed E-state index contributed by atoms with van der Waals surface area (Å²) in [7, 11) is 3.13. The lowest BCUT2D eigenvalue weighted by Crippen LogP contribution is -2.88. The molecule has 0 bridgehead atoms. The third-order valence-corrected chi connectivity index (χ3v) is 12.3. The number of rotatable bonds is 16. The maximum atomic E-state index is 15.9. The Morgan fingerprint density at radius 2 is 0.823 bits per heavy atom. The van der Waals surface area contributed by atoms with Gasteiger partial charge in [0, 0.05) is 37.3 Å². The summed E-state index contributed by atoms with van der Waals surface area (Å²) in [5, 5.41) is 0. The standard InChI is InChI=1S/C50H54N2O10/c1-7-59-43(53)39-31-51(29-33-17-13-11-14-18-33)45-49(47(55)61-9-3,41(39)35-21-25-37(57-5)26-22-35)46-50(45,48(56)62-10-4)42(36-23-27-38(58-6)28-24-36)40(44(54)60-8-2)32-52(46)30-34-19-15-12-16-20-34/h11-28,31-32,41-42,45-46H,7-10,29-30H2,1-6H3. The van der Waals surface area contributed by atoms with Crippen molar-refractivity contribution in [3.05, 3.63) is 155 Å². The molecule has 0 saturated heterocycles. The number of carbonyl (C=O) groups excluding carboxylic acids is 4. The largest absolute Gasteiger partial charge is 0.497 e. The molecule has 2 heterocycles. The van der Waals surface area contributed by atoms with Crippen molar-refractivity contribution in [3.8, 4) is 11.5 Å². The molecule has 1 saturated carbocycles. The first-order valence-corrected chi connectivity index (χ1v) is 21.1. The number of carbonyl (C=O) groups is 4. The van der Waals surface area contributed by atoms with E-state index < -0.39 is 58.6 Å². The summed E-state index contributed by atoms with van der Waals surface area (Å²) in [5.41, 5.74) is -0.186. The Hall–Kier alpha value is -6.56. The summed E-state index contributed by atoms with van der Waals surface area (Å²) in [6.07, 6.45) is 3.46. The first-order chi connectivity index (χ1) is 30.1. The van der Waals surface area contributed by atoms with Gasteiger partial charge in [0.25, 0.3) is 0 Å². The molecule has 4 aromatic carbocycles. The van der Waals surface area contributed by atoms with Gasteiger partial charge in [0.15, 0.2) is 0 Å². The molecule has 12 nitrogen and oxygen atoms in total. The van der Waals surface area contributed by atoms with Crippen LogP contribution in [0.25, 0.3) is 0 Å². The van der Waals surface area contributed by atoms with Gasteiger partial charge in [-0.25, -0.2) is 9.59 Å². The van der Waals surface area contributed by atoms with E-state index in [0.29, 0.717) is 22.6 Å². The lowest BCUT2D eigenvalue weighted by atomic mass is 9.33. The molecule has 2 aliphatic heterocycles. The minimum absolute atomic E-state index is 0.00338. The molecule has 0 amide bonds. The monoisotopic (exact) mass is 842 g/mol. The first kappa shape index (κ1) is 43.5. The van der Waals surface area contributed by atoms with E-state index in [4.69, 9.17) is 28.4 Å². The van der Waals surface area contributed by atoms with E-state index in [1.807, 2.05) is 94.7 Å². The number of esters is 4. The van der Waals surface area contributed by atoms with Gasteiger partial charge in [-0.15, -0.1) is 0 Å². The maximum absolute atomic E-state index is 15.9. The molecule has 324 valence electrons. The average molecular weight is 843 g/mol. The van der Waals surface area contributed by atoms with E-state index in [2.05, 4.69) is 0 Å². The lowest BCUT2D eigenvalue weighted by Gasteiger charge is -2.75. The van der Waals surface area contributed by atoms with Gasteiger partial charge in [0.05, 0.1) is 63.9 Å². The van der Waals surface area contributed by atoms with Crippen molar-refractivity contribution < 1.29 is 47.6 Å². The zero-order valence-electron chi connectivity index (χ0n) is 36.1. The van der Waals surface area contributed by atoms with Gasteiger partial charge in [-0.3, -0.25) is 9.59 Å². The van der Waals surface area contributed by atoms with Crippen LogP contribution >= 0.6 is 0 Å². The SMILES string of the molecule is CCOC(=O)C1=CN(Cc2ccccc2)C2C(C(=O)OCC)(C1c1ccc(OC)cc1)C1N(Cc3ccccc3)C=C(C(=O)OCC)C(c3ccc(OC)cc3)C21C(=O)OCC. The Morgan fingerprint density at radius 3 is 1.13 bits per heavy atom. The number of methoxy groups -OCH3 is 2. The minimum atomic E-state index is -1.74. The van der Waals surface area contributed by atoms with Crippen LogP contribution in [0.5, 0.6) is 11.5 Å². The first-order valence-electron chi connectivity index (χ1n) is 21.1. The lowest BCUT2D eigenvalue weighted by molar-refractivity contribution is -0.252.